The van der Waals surface area contributed by atoms with Crippen LogP contribution in [0.3, 0.4) is 0 Å². The highest BCUT2D eigenvalue weighted by Gasteiger charge is 1.89. The zero-order chi connectivity index (χ0) is 8.58. The summed E-state index contributed by atoms with van der Waals surface area (Å²) in [5.41, 5.74) is 0. The highest BCUT2D eigenvalue weighted by molar-refractivity contribution is 5.80. The SMILES string of the molecule is [2H]C([2H])(O)C(=O)C([2H])([2H])O. The van der Waals surface area contributed by atoms with Crippen molar-refractivity contribution < 1.29 is 20.5 Å². The van der Waals surface area contributed by atoms with Gasteiger partial charge in [0.05, 0.1) is 5.48 Å². The van der Waals surface area contributed by atoms with E-state index in [2.05, 4.69) is 0 Å². The summed E-state index contributed by atoms with van der Waals surface area (Å²) in [6.07, 6.45) is 0. The number of ketones is 1. The molecule has 0 aliphatic carbocycles. The Morgan fingerprint density at radius 3 is 2.00 bits per heavy atom. The molecule has 0 fully saturated rings. The van der Waals surface area contributed by atoms with Crippen LogP contribution in [0.4, 0.5) is 0 Å². The van der Waals surface area contributed by atoms with Crippen molar-refractivity contribution in [2.75, 3.05) is 13.1 Å². The molecule has 0 aliphatic heterocycles. The van der Waals surface area contributed by atoms with E-state index in [0.29, 0.717) is 0 Å². The van der Waals surface area contributed by atoms with Gasteiger partial charge in [-0.3, -0.25) is 4.79 Å². The van der Waals surface area contributed by atoms with Crippen molar-refractivity contribution in [2.45, 2.75) is 0 Å². The lowest BCUT2D eigenvalue weighted by molar-refractivity contribution is -0.124. The fourth-order valence-electron chi connectivity index (χ4n) is 0.0250. The molecule has 0 rings (SSSR count). The second-order valence-corrected chi connectivity index (χ2v) is 0.553. The van der Waals surface area contributed by atoms with E-state index in [4.69, 9.17) is 15.7 Å². The van der Waals surface area contributed by atoms with Gasteiger partial charge in [0.1, 0.15) is 13.1 Å². The lowest BCUT2D eigenvalue weighted by Crippen LogP contribution is -2.07. The van der Waals surface area contributed by atoms with Crippen LogP contribution in [0.25, 0.3) is 0 Å². The number of carbonyl (C=O) groups excluding carboxylic acids is 1. The number of hydrogen-bond acceptors (Lipinski definition) is 3. The van der Waals surface area contributed by atoms with Crippen molar-refractivity contribution >= 4 is 5.78 Å². The molecule has 0 aromatic carbocycles. The first-order chi connectivity index (χ1) is 4.15. The largest absolute Gasteiger partial charge is 0.388 e. The zero-order valence-electron chi connectivity index (χ0n) is 6.80. The minimum absolute atomic E-state index is 1.90. The van der Waals surface area contributed by atoms with Crippen molar-refractivity contribution in [1.29, 1.82) is 0 Å². The summed E-state index contributed by atoms with van der Waals surface area (Å²) in [6, 6.07) is 0. The average molecular weight is 94.1 g/mol. The molecule has 3 heteroatoms. The van der Waals surface area contributed by atoms with Crippen LogP contribution in [0, 0.1) is 0 Å². The van der Waals surface area contributed by atoms with E-state index in [1.165, 1.54) is 0 Å². The Morgan fingerprint density at radius 1 is 1.67 bits per heavy atom. The molecule has 0 aromatic heterocycles. The predicted octanol–water partition coefficient (Wildman–Crippen LogP) is -1.46. The normalized spacial score (nSPS) is 23.0. The Labute approximate surface area is 40.8 Å². The van der Waals surface area contributed by atoms with Crippen LogP contribution in [-0.2, 0) is 4.79 Å². The number of Topliss-reactive ketones (excluding diaryl/α,β-unsaturated/α-hetero) is 1. The smallest absolute Gasteiger partial charge is 0.183 e. The minimum Gasteiger partial charge on any atom is -0.388 e. The van der Waals surface area contributed by atoms with Crippen molar-refractivity contribution in [2.24, 2.45) is 0 Å². The van der Waals surface area contributed by atoms with Gasteiger partial charge < -0.3 is 10.2 Å². The summed E-state index contributed by atoms with van der Waals surface area (Å²) in [6.45, 7) is -6.64. The lowest BCUT2D eigenvalue weighted by Gasteiger charge is -1.81. The Kier molecular flexibility index (Phi) is 0.747. The first-order valence-electron chi connectivity index (χ1n) is 3.15. The van der Waals surface area contributed by atoms with Gasteiger partial charge in [-0.05, 0) is 0 Å². The quantitative estimate of drug-likeness (QED) is 0.439. The summed E-state index contributed by atoms with van der Waals surface area (Å²) in [5, 5.41) is 16.4. The Bertz CT molecular complexity index is 127. The highest BCUT2D eigenvalue weighted by atomic mass is 16.3. The van der Waals surface area contributed by atoms with E-state index in [-0.39, 0.29) is 0 Å². The second-order valence-electron chi connectivity index (χ2n) is 0.553. The summed E-state index contributed by atoms with van der Waals surface area (Å²) in [4.78, 5) is 10.2. The monoisotopic (exact) mass is 94.1 g/mol. The van der Waals surface area contributed by atoms with E-state index in [9.17, 15) is 4.79 Å². The highest BCUT2D eigenvalue weighted by Crippen LogP contribution is 1.59. The number of aliphatic hydroxyl groups is 2. The molecular weight excluding hydrogens is 84.0 g/mol. The minimum atomic E-state index is -3.32. The first-order valence-corrected chi connectivity index (χ1v) is 1.15. The Morgan fingerprint density at radius 2 is 2.00 bits per heavy atom. The van der Waals surface area contributed by atoms with E-state index >= 15 is 0 Å². The maximum absolute atomic E-state index is 10.2. The molecule has 2 N–H and O–H groups in total. The van der Waals surface area contributed by atoms with Crippen LogP contribution in [0.2, 0.25) is 0 Å². The maximum atomic E-state index is 10.2. The molecule has 0 saturated heterocycles. The summed E-state index contributed by atoms with van der Waals surface area (Å²) in [7, 11) is 0. The predicted molar refractivity (Wildman–Crippen MR) is 19.2 cm³/mol. The van der Waals surface area contributed by atoms with Crippen LogP contribution >= 0.6 is 0 Å². The van der Waals surface area contributed by atoms with Gasteiger partial charge in [-0.25, -0.2) is 0 Å². The third-order valence-corrected chi connectivity index (χ3v) is 0.203. The van der Waals surface area contributed by atoms with E-state index in [1.807, 2.05) is 0 Å². The molecule has 0 aromatic rings. The van der Waals surface area contributed by atoms with Crippen LogP contribution in [-0.4, -0.2) is 29.1 Å². The summed E-state index contributed by atoms with van der Waals surface area (Å²) in [5.74, 6) is -1.90. The molecule has 0 amide bonds. The molecule has 0 unspecified atom stereocenters. The molecule has 0 bridgehead atoms. The van der Waals surface area contributed by atoms with E-state index in [0.717, 1.165) is 0 Å². The van der Waals surface area contributed by atoms with Gasteiger partial charge >= 0.3 is 0 Å². The molecule has 3 nitrogen and oxygen atoms in total. The summed E-state index contributed by atoms with van der Waals surface area (Å²) < 4.78 is 25.1. The van der Waals surface area contributed by atoms with Gasteiger partial charge in [0.25, 0.3) is 0 Å². The maximum Gasteiger partial charge on any atom is 0.183 e. The van der Waals surface area contributed by atoms with Crippen molar-refractivity contribution in [3.05, 3.63) is 0 Å². The molecule has 0 aliphatic rings. The van der Waals surface area contributed by atoms with Crippen molar-refractivity contribution in [1.82, 2.24) is 0 Å². The van der Waals surface area contributed by atoms with Gasteiger partial charge in [-0.2, -0.15) is 0 Å². The van der Waals surface area contributed by atoms with E-state index < -0.39 is 18.9 Å². The fraction of sp³-hybridized carbons (Fsp3) is 0.667. The molecule has 36 valence electrons. The Balaban J connectivity index is 4.40. The van der Waals surface area contributed by atoms with E-state index in [1.54, 1.807) is 0 Å². The van der Waals surface area contributed by atoms with Gasteiger partial charge in [0.2, 0.25) is 0 Å². The lowest BCUT2D eigenvalue weighted by atomic mass is 10.5. The topological polar surface area (TPSA) is 57.5 Å². The molecule has 0 radical (unpaired) electrons. The van der Waals surface area contributed by atoms with Crippen molar-refractivity contribution in [3.63, 3.8) is 0 Å². The molecule has 0 atom stereocenters. The molecule has 0 spiro atoms. The van der Waals surface area contributed by atoms with Gasteiger partial charge in [-0.1, -0.05) is 0 Å². The number of rotatable bonds is 2. The van der Waals surface area contributed by atoms with Crippen LogP contribution in [0.15, 0.2) is 0 Å². The van der Waals surface area contributed by atoms with Crippen molar-refractivity contribution in [3.8, 4) is 0 Å². The fourth-order valence-corrected chi connectivity index (χ4v) is 0.0250. The van der Waals surface area contributed by atoms with Crippen LogP contribution < -0.4 is 0 Å². The first kappa shape index (κ1) is 1.60. The Hall–Kier alpha value is -0.410. The molecule has 6 heavy (non-hydrogen) atoms. The molecule has 0 heterocycles. The number of carbonyl (C=O) groups is 1. The van der Waals surface area contributed by atoms with Crippen LogP contribution in [0.5, 0.6) is 0 Å². The third kappa shape index (κ3) is 1.87. The molecular formula is C3H6O3. The second kappa shape index (κ2) is 2.81. The summed E-state index contributed by atoms with van der Waals surface area (Å²) >= 11 is 0. The average Bonchev–Trinajstić information content (AvgIpc) is 1.59. The standard InChI is InChI=1S/C3H6O3/c4-1-3(6)2-5/h4-5H,1-2H2/i1D2,2D2. The zero-order valence-corrected chi connectivity index (χ0v) is 2.80. The van der Waals surface area contributed by atoms with Gasteiger partial charge in [0, 0.05) is 0 Å². The third-order valence-electron chi connectivity index (χ3n) is 0.203. The van der Waals surface area contributed by atoms with Crippen LogP contribution in [0.1, 0.15) is 5.48 Å². The van der Waals surface area contributed by atoms with Gasteiger partial charge in [0.15, 0.2) is 5.78 Å². The van der Waals surface area contributed by atoms with Gasteiger partial charge in [-0.15, -0.1) is 0 Å². The number of hydrogen-bond donors (Lipinski definition) is 2. The molecule has 0 saturated carbocycles.